The van der Waals surface area contributed by atoms with Gasteiger partial charge in [-0.05, 0) is 51.5 Å². The fourth-order valence-corrected chi connectivity index (χ4v) is 3.83. The maximum Gasteiger partial charge on any atom is 0.336 e. The Morgan fingerprint density at radius 1 is 1.19 bits per heavy atom. The zero-order chi connectivity index (χ0) is 22.9. The molecule has 3 rings (SSSR count). The lowest BCUT2D eigenvalue weighted by atomic mass is 9.83. The maximum atomic E-state index is 14.2. The number of hydrogen-bond donors (Lipinski definition) is 0. The minimum absolute atomic E-state index is 0.00489. The average Bonchev–Trinajstić information content (AvgIpc) is 2.64. The molecule has 1 amide bonds. The summed E-state index contributed by atoms with van der Waals surface area (Å²) in [7, 11) is 0. The standard InChI is InChI=1S/C24H24ClF2NO3/c1-14-22(23(30)31-24(2,3)4)19(15-6-5-7-17(25)10-15)12-21(29)28(14)13-16-8-9-18(26)11-20(16)27/h5-11,19H,12-13H2,1-4H3. The van der Waals surface area contributed by atoms with E-state index in [-0.39, 0.29) is 24.4 Å². The summed E-state index contributed by atoms with van der Waals surface area (Å²) < 4.78 is 33.1. The van der Waals surface area contributed by atoms with Crippen molar-refractivity contribution in [3.8, 4) is 0 Å². The van der Waals surface area contributed by atoms with Crippen molar-refractivity contribution < 1.29 is 23.1 Å². The molecule has 0 fully saturated rings. The number of carbonyl (C=O) groups excluding carboxylic acids is 2. The number of allylic oxidation sites excluding steroid dienone is 1. The molecule has 0 radical (unpaired) electrons. The molecule has 1 atom stereocenters. The van der Waals surface area contributed by atoms with E-state index in [9.17, 15) is 18.4 Å². The zero-order valence-electron chi connectivity index (χ0n) is 17.8. The normalized spacial score (nSPS) is 17.2. The van der Waals surface area contributed by atoms with Gasteiger partial charge in [-0.15, -0.1) is 0 Å². The van der Waals surface area contributed by atoms with E-state index in [1.165, 1.54) is 11.0 Å². The fraction of sp³-hybridized carbons (Fsp3) is 0.333. The van der Waals surface area contributed by atoms with E-state index in [1.54, 1.807) is 52.0 Å². The molecule has 0 aliphatic carbocycles. The van der Waals surface area contributed by atoms with E-state index >= 15 is 0 Å². The van der Waals surface area contributed by atoms with Crippen molar-refractivity contribution in [2.24, 2.45) is 0 Å². The summed E-state index contributed by atoms with van der Waals surface area (Å²) in [5.41, 5.74) is 0.824. The third-order valence-electron chi connectivity index (χ3n) is 5.04. The molecule has 0 saturated carbocycles. The molecule has 1 unspecified atom stereocenters. The van der Waals surface area contributed by atoms with Gasteiger partial charge < -0.3 is 9.64 Å². The van der Waals surface area contributed by atoms with E-state index in [4.69, 9.17) is 16.3 Å². The molecule has 1 aliphatic heterocycles. The van der Waals surface area contributed by atoms with Gasteiger partial charge in [0, 0.05) is 34.7 Å². The Kier molecular flexibility index (Phi) is 6.51. The van der Waals surface area contributed by atoms with Gasteiger partial charge in [0.1, 0.15) is 17.2 Å². The molecule has 0 aromatic heterocycles. The first-order chi connectivity index (χ1) is 14.5. The molecule has 164 valence electrons. The van der Waals surface area contributed by atoms with Crippen LogP contribution in [0.15, 0.2) is 53.7 Å². The smallest absolute Gasteiger partial charge is 0.336 e. The van der Waals surface area contributed by atoms with Crippen LogP contribution in [-0.4, -0.2) is 22.4 Å². The second kappa shape index (κ2) is 8.79. The number of benzene rings is 2. The van der Waals surface area contributed by atoms with Crippen LogP contribution in [-0.2, 0) is 20.9 Å². The molecule has 0 N–H and O–H groups in total. The highest BCUT2D eigenvalue weighted by molar-refractivity contribution is 6.30. The van der Waals surface area contributed by atoms with Crippen LogP contribution in [0.2, 0.25) is 5.02 Å². The van der Waals surface area contributed by atoms with Gasteiger partial charge in [0.05, 0.1) is 12.1 Å². The zero-order valence-corrected chi connectivity index (χ0v) is 18.6. The third kappa shape index (κ3) is 5.31. The Morgan fingerprint density at radius 3 is 2.52 bits per heavy atom. The Balaban J connectivity index is 2.07. The molecule has 1 aliphatic rings. The number of halogens is 3. The molecule has 31 heavy (non-hydrogen) atoms. The van der Waals surface area contributed by atoms with E-state index in [0.29, 0.717) is 21.9 Å². The number of amides is 1. The summed E-state index contributed by atoms with van der Waals surface area (Å²) in [5.74, 6) is -2.83. The van der Waals surface area contributed by atoms with Gasteiger partial charge in [0.25, 0.3) is 0 Å². The van der Waals surface area contributed by atoms with Crippen molar-refractivity contribution in [1.29, 1.82) is 0 Å². The predicted molar refractivity (Wildman–Crippen MR) is 114 cm³/mol. The number of esters is 1. The van der Waals surface area contributed by atoms with Crippen molar-refractivity contribution in [3.63, 3.8) is 0 Å². The molecule has 0 bridgehead atoms. The minimum atomic E-state index is -0.753. The molecule has 7 heteroatoms. The number of hydrogen-bond acceptors (Lipinski definition) is 3. The third-order valence-corrected chi connectivity index (χ3v) is 5.27. The Morgan fingerprint density at radius 2 is 1.90 bits per heavy atom. The molecule has 0 saturated heterocycles. The second-order valence-electron chi connectivity index (χ2n) is 8.53. The monoisotopic (exact) mass is 447 g/mol. The lowest BCUT2D eigenvalue weighted by Gasteiger charge is -2.35. The van der Waals surface area contributed by atoms with Crippen molar-refractivity contribution in [2.75, 3.05) is 0 Å². The van der Waals surface area contributed by atoms with E-state index in [1.807, 2.05) is 0 Å². The number of carbonyl (C=O) groups is 2. The number of nitrogens with zero attached hydrogens (tertiary/aromatic N) is 1. The highest BCUT2D eigenvalue weighted by atomic mass is 35.5. The largest absolute Gasteiger partial charge is 0.457 e. The van der Waals surface area contributed by atoms with Gasteiger partial charge in [-0.2, -0.15) is 0 Å². The van der Waals surface area contributed by atoms with Crippen LogP contribution in [0, 0.1) is 11.6 Å². The SMILES string of the molecule is CC1=C(C(=O)OC(C)(C)C)C(c2cccc(Cl)c2)CC(=O)N1Cc1ccc(F)cc1F. The van der Waals surface area contributed by atoms with E-state index < -0.39 is 29.1 Å². The maximum absolute atomic E-state index is 14.2. The molecular weight excluding hydrogens is 424 g/mol. The van der Waals surface area contributed by atoms with Crippen LogP contribution in [0.25, 0.3) is 0 Å². The van der Waals surface area contributed by atoms with Crippen molar-refractivity contribution in [3.05, 3.63) is 81.5 Å². The summed E-state index contributed by atoms with van der Waals surface area (Å²) in [5, 5.41) is 0.488. The molecule has 4 nitrogen and oxygen atoms in total. The highest BCUT2D eigenvalue weighted by Gasteiger charge is 2.38. The van der Waals surface area contributed by atoms with Gasteiger partial charge in [-0.25, -0.2) is 13.6 Å². The van der Waals surface area contributed by atoms with Crippen LogP contribution in [0.3, 0.4) is 0 Å². The first-order valence-electron chi connectivity index (χ1n) is 9.90. The van der Waals surface area contributed by atoms with Gasteiger partial charge in [-0.3, -0.25) is 4.79 Å². The van der Waals surface area contributed by atoms with Gasteiger partial charge >= 0.3 is 5.97 Å². The van der Waals surface area contributed by atoms with Crippen LogP contribution in [0.4, 0.5) is 8.78 Å². The topological polar surface area (TPSA) is 46.6 Å². The van der Waals surface area contributed by atoms with Crippen molar-refractivity contribution in [1.82, 2.24) is 4.90 Å². The Hall–Kier alpha value is -2.73. The van der Waals surface area contributed by atoms with Gasteiger partial charge in [0.2, 0.25) is 5.91 Å². The first-order valence-corrected chi connectivity index (χ1v) is 10.3. The lowest BCUT2D eigenvalue weighted by molar-refractivity contribution is -0.150. The van der Waals surface area contributed by atoms with E-state index in [0.717, 1.165) is 12.1 Å². The highest BCUT2D eigenvalue weighted by Crippen LogP contribution is 2.39. The van der Waals surface area contributed by atoms with Gasteiger partial charge in [-0.1, -0.05) is 29.8 Å². The Bertz CT molecular complexity index is 1060. The summed E-state index contributed by atoms with van der Waals surface area (Å²) in [6, 6.07) is 10.2. The van der Waals surface area contributed by atoms with Crippen molar-refractivity contribution >= 4 is 23.5 Å². The second-order valence-corrected chi connectivity index (χ2v) is 8.96. The molecule has 2 aromatic rings. The number of rotatable bonds is 4. The Labute approximate surface area is 185 Å². The summed E-state index contributed by atoms with van der Waals surface area (Å²) >= 11 is 6.14. The predicted octanol–water partition coefficient (Wildman–Crippen LogP) is 5.75. The summed E-state index contributed by atoms with van der Waals surface area (Å²) in [6.45, 7) is 6.79. The van der Waals surface area contributed by atoms with Crippen molar-refractivity contribution in [2.45, 2.75) is 52.2 Å². The van der Waals surface area contributed by atoms with Crippen LogP contribution >= 0.6 is 11.6 Å². The molecule has 2 aromatic carbocycles. The van der Waals surface area contributed by atoms with Crippen LogP contribution in [0.1, 0.15) is 51.2 Å². The first kappa shape index (κ1) is 22.9. The molecule has 0 spiro atoms. The summed E-state index contributed by atoms with van der Waals surface area (Å²) in [4.78, 5) is 27.5. The number of ether oxygens (including phenoxy) is 1. The van der Waals surface area contributed by atoms with Gasteiger partial charge in [0.15, 0.2) is 0 Å². The molecule has 1 heterocycles. The van der Waals surface area contributed by atoms with Crippen LogP contribution in [0.5, 0.6) is 0 Å². The quantitative estimate of drug-likeness (QED) is 0.560. The average molecular weight is 448 g/mol. The molecular formula is C24H24ClF2NO3. The van der Waals surface area contributed by atoms with E-state index in [2.05, 4.69) is 0 Å². The minimum Gasteiger partial charge on any atom is -0.457 e. The lowest BCUT2D eigenvalue weighted by Crippen LogP contribution is -2.39. The summed E-state index contributed by atoms with van der Waals surface area (Å²) in [6.07, 6.45) is -0.00489. The fourth-order valence-electron chi connectivity index (χ4n) is 3.63. The van der Waals surface area contributed by atoms with Crippen LogP contribution < -0.4 is 0 Å².